The average Bonchev–Trinajstić information content (AvgIpc) is 3.17. The van der Waals surface area contributed by atoms with Crippen LogP contribution in [-0.2, 0) is 5.75 Å². The van der Waals surface area contributed by atoms with Crippen LogP contribution in [0.15, 0.2) is 53.7 Å². The van der Waals surface area contributed by atoms with Crippen molar-refractivity contribution in [3.8, 4) is 11.4 Å². The summed E-state index contributed by atoms with van der Waals surface area (Å²) in [6, 6.07) is 15.3. The van der Waals surface area contributed by atoms with Crippen LogP contribution in [0.1, 0.15) is 5.82 Å². The molecular weight excluding hydrogens is 344 g/mol. The quantitative estimate of drug-likeness (QED) is 0.432. The van der Waals surface area contributed by atoms with Crippen LogP contribution < -0.4 is 5.84 Å². The largest absolute Gasteiger partial charge is 0.341 e. The SMILES string of the molecule is Nn1c(SCc2nc3ccccc3[nH]2)nnc1-c1ccccc1Cl. The number of nitrogens with two attached hydrogens (primary N) is 1. The second-order valence-electron chi connectivity index (χ2n) is 5.15. The molecule has 0 bridgehead atoms. The Morgan fingerprint density at radius 1 is 1.08 bits per heavy atom. The summed E-state index contributed by atoms with van der Waals surface area (Å²) in [5.41, 5.74) is 2.71. The molecule has 0 saturated heterocycles. The van der Waals surface area contributed by atoms with E-state index in [1.807, 2.05) is 42.5 Å². The van der Waals surface area contributed by atoms with Gasteiger partial charge in [-0.2, -0.15) is 0 Å². The lowest BCUT2D eigenvalue weighted by molar-refractivity contribution is 0.848. The summed E-state index contributed by atoms with van der Waals surface area (Å²) in [5.74, 6) is 8.14. The molecule has 24 heavy (non-hydrogen) atoms. The van der Waals surface area contributed by atoms with Crippen LogP contribution in [-0.4, -0.2) is 24.8 Å². The van der Waals surface area contributed by atoms with Crippen molar-refractivity contribution in [1.29, 1.82) is 0 Å². The van der Waals surface area contributed by atoms with Crippen LogP contribution in [0.2, 0.25) is 5.02 Å². The van der Waals surface area contributed by atoms with Crippen LogP contribution in [0.5, 0.6) is 0 Å². The molecule has 0 aliphatic carbocycles. The zero-order valence-electron chi connectivity index (χ0n) is 12.5. The summed E-state index contributed by atoms with van der Waals surface area (Å²) < 4.78 is 1.45. The van der Waals surface area contributed by atoms with Crippen LogP contribution >= 0.6 is 23.4 Å². The van der Waals surface area contributed by atoms with Crippen molar-refractivity contribution < 1.29 is 0 Å². The second kappa shape index (κ2) is 6.18. The first kappa shape index (κ1) is 15.0. The Morgan fingerprint density at radius 3 is 2.71 bits per heavy atom. The van der Waals surface area contributed by atoms with Crippen LogP contribution in [0.3, 0.4) is 0 Å². The first-order chi connectivity index (χ1) is 11.7. The molecule has 3 N–H and O–H groups in total. The number of nitrogens with one attached hydrogen (secondary N) is 1. The number of aromatic nitrogens is 5. The molecule has 0 aliphatic heterocycles. The lowest BCUT2D eigenvalue weighted by Crippen LogP contribution is -2.11. The van der Waals surface area contributed by atoms with Gasteiger partial charge in [0.05, 0.1) is 21.8 Å². The molecule has 0 amide bonds. The zero-order chi connectivity index (χ0) is 16.5. The average molecular weight is 357 g/mol. The normalized spacial score (nSPS) is 11.2. The molecule has 6 nitrogen and oxygen atoms in total. The number of fused-ring (bicyclic) bond motifs is 1. The van der Waals surface area contributed by atoms with E-state index in [1.165, 1.54) is 16.4 Å². The molecule has 0 fully saturated rings. The summed E-state index contributed by atoms with van der Waals surface area (Å²) in [6.07, 6.45) is 0. The maximum absolute atomic E-state index is 6.20. The van der Waals surface area contributed by atoms with E-state index in [2.05, 4.69) is 20.2 Å². The Hall–Kier alpha value is -2.51. The predicted octanol–water partition coefficient (Wildman–Crippen LogP) is 3.48. The number of thioether (sulfide) groups is 1. The van der Waals surface area contributed by atoms with E-state index in [9.17, 15) is 0 Å². The second-order valence-corrected chi connectivity index (χ2v) is 6.50. The van der Waals surface area contributed by atoms with Gasteiger partial charge in [-0.15, -0.1) is 10.2 Å². The number of nitrogens with zero attached hydrogens (tertiary/aromatic N) is 4. The van der Waals surface area contributed by atoms with Gasteiger partial charge in [0.2, 0.25) is 5.16 Å². The first-order valence-corrected chi connectivity index (χ1v) is 8.60. The number of H-pyrrole nitrogens is 1. The Bertz CT molecular complexity index is 976. The minimum Gasteiger partial charge on any atom is -0.341 e. The Kier molecular flexibility index (Phi) is 3.87. The highest BCUT2D eigenvalue weighted by atomic mass is 35.5. The third kappa shape index (κ3) is 2.72. The van der Waals surface area contributed by atoms with E-state index >= 15 is 0 Å². The van der Waals surface area contributed by atoms with E-state index in [0.717, 1.165) is 22.4 Å². The zero-order valence-corrected chi connectivity index (χ0v) is 14.1. The molecule has 2 heterocycles. The van der Waals surface area contributed by atoms with Gasteiger partial charge >= 0.3 is 0 Å². The molecule has 2 aromatic heterocycles. The van der Waals surface area contributed by atoms with Gasteiger partial charge in [-0.1, -0.05) is 47.6 Å². The summed E-state index contributed by atoms with van der Waals surface area (Å²) >= 11 is 7.66. The third-order valence-electron chi connectivity index (χ3n) is 3.56. The smallest absolute Gasteiger partial charge is 0.210 e. The van der Waals surface area contributed by atoms with Gasteiger partial charge in [0, 0.05) is 5.56 Å². The predicted molar refractivity (Wildman–Crippen MR) is 96.3 cm³/mol. The van der Waals surface area contributed by atoms with Crippen LogP contribution in [0.25, 0.3) is 22.4 Å². The van der Waals surface area contributed by atoms with Gasteiger partial charge in [0.25, 0.3) is 0 Å². The third-order valence-corrected chi connectivity index (χ3v) is 4.84. The first-order valence-electron chi connectivity index (χ1n) is 7.24. The number of aromatic amines is 1. The van der Waals surface area contributed by atoms with Crippen molar-refractivity contribution in [2.45, 2.75) is 10.9 Å². The topological polar surface area (TPSA) is 85.4 Å². The molecule has 0 radical (unpaired) electrons. The van der Waals surface area contributed by atoms with Crippen LogP contribution in [0, 0.1) is 0 Å². The van der Waals surface area contributed by atoms with E-state index < -0.39 is 0 Å². The molecule has 0 atom stereocenters. The molecule has 8 heteroatoms. The summed E-state index contributed by atoms with van der Waals surface area (Å²) in [4.78, 5) is 7.82. The van der Waals surface area contributed by atoms with E-state index in [1.54, 1.807) is 6.07 Å². The highest BCUT2D eigenvalue weighted by molar-refractivity contribution is 7.98. The standard InChI is InChI=1S/C16H13ClN6S/c17-11-6-2-1-5-10(11)15-21-22-16(23(15)18)24-9-14-19-12-7-3-4-8-13(12)20-14/h1-8H,9,18H2,(H,19,20). The van der Waals surface area contributed by atoms with Crippen LogP contribution in [0.4, 0.5) is 0 Å². The maximum atomic E-state index is 6.20. The van der Waals surface area contributed by atoms with Gasteiger partial charge in [-0.3, -0.25) is 0 Å². The molecular formula is C16H13ClN6S. The lowest BCUT2D eigenvalue weighted by atomic mass is 10.2. The number of rotatable bonds is 4. The van der Waals surface area contributed by atoms with Crippen molar-refractivity contribution in [2.24, 2.45) is 0 Å². The highest BCUT2D eigenvalue weighted by Crippen LogP contribution is 2.28. The number of nitrogen functional groups attached to an aromatic ring is 1. The summed E-state index contributed by atoms with van der Waals surface area (Å²) in [7, 11) is 0. The molecule has 0 aliphatic rings. The summed E-state index contributed by atoms with van der Waals surface area (Å²) in [6.45, 7) is 0. The van der Waals surface area contributed by atoms with Crippen molar-refractivity contribution in [3.63, 3.8) is 0 Å². The fraction of sp³-hybridized carbons (Fsp3) is 0.0625. The number of halogens is 1. The van der Waals surface area contributed by atoms with E-state index in [4.69, 9.17) is 17.4 Å². The van der Waals surface area contributed by atoms with E-state index in [-0.39, 0.29) is 0 Å². The number of benzene rings is 2. The fourth-order valence-corrected chi connectivity index (χ4v) is 3.36. The molecule has 0 saturated carbocycles. The number of hydrogen-bond acceptors (Lipinski definition) is 5. The maximum Gasteiger partial charge on any atom is 0.210 e. The van der Waals surface area contributed by atoms with Gasteiger partial charge < -0.3 is 10.8 Å². The molecule has 0 spiro atoms. The number of imidazole rings is 1. The van der Waals surface area contributed by atoms with Gasteiger partial charge in [0.1, 0.15) is 5.82 Å². The molecule has 2 aromatic carbocycles. The molecule has 120 valence electrons. The Balaban J connectivity index is 1.56. The summed E-state index contributed by atoms with van der Waals surface area (Å²) in [5, 5.41) is 9.50. The van der Waals surface area contributed by atoms with Gasteiger partial charge in [-0.25, -0.2) is 9.66 Å². The highest BCUT2D eigenvalue weighted by Gasteiger charge is 2.15. The van der Waals surface area contributed by atoms with Gasteiger partial charge in [0.15, 0.2) is 5.82 Å². The monoisotopic (exact) mass is 356 g/mol. The van der Waals surface area contributed by atoms with E-state index in [0.29, 0.717) is 21.8 Å². The minimum atomic E-state index is 0.535. The van der Waals surface area contributed by atoms with Crippen molar-refractivity contribution in [2.75, 3.05) is 5.84 Å². The minimum absolute atomic E-state index is 0.535. The molecule has 4 rings (SSSR count). The Morgan fingerprint density at radius 2 is 1.88 bits per heavy atom. The van der Waals surface area contributed by atoms with Crippen molar-refractivity contribution in [1.82, 2.24) is 24.8 Å². The number of hydrogen-bond donors (Lipinski definition) is 2. The van der Waals surface area contributed by atoms with Gasteiger partial charge in [-0.05, 0) is 24.3 Å². The molecule has 0 unspecified atom stereocenters. The number of para-hydroxylation sites is 2. The van der Waals surface area contributed by atoms with Crippen molar-refractivity contribution in [3.05, 3.63) is 59.4 Å². The van der Waals surface area contributed by atoms with Crippen molar-refractivity contribution >= 4 is 34.4 Å². The Labute approximate surface area is 147 Å². The molecule has 4 aromatic rings. The lowest BCUT2D eigenvalue weighted by Gasteiger charge is -2.04. The fourth-order valence-electron chi connectivity index (χ4n) is 2.41.